The molecule has 5 nitrogen and oxygen atoms in total. The molecule has 5 heteroatoms. The number of fused-ring (bicyclic) bond motifs is 5. The van der Waals surface area contributed by atoms with Crippen LogP contribution >= 0.6 is 0 Å². The molecule has 1 heterocycles. The highest BCUT2D eigenvalue weighted by Gasteiger charge is 2.57. The third-order valence-electron chi connectivity index (χ3n) is 10.6. The minimum atomic E-state index is -0.473. The van der Waals surface area contributed by atoms with Crippen molar-refractivity contribution < 1.29 is 19.1 Å². The lowest BCUT2D eigenvalue weighted by Crippen LogP contribution is -2.53. The number of carbonyl (C=O) groups is 2. The van der Waals surface area contributed by atoms with Crippen LogP contribution in [0.25, 0.3) is 0 Å². The van der Waals surface area contributed by atoms with Gasteiger partial charge in [0.05, 0.1) is 12.7 Å². The maximum atomic E-state index is 12.2. The monoisotopic (exact) mass is 445 g/mol. The van der Waals surface area contributed by atoms with Gasteiger partial charge in [-0.1, -0.05) is 20.3 Å². The summed E-state index contributed by atoms with van der Waals surface area (Å²) in [6.45, 7) is 5.96. The summed E-state index contributed by atoms with van der Waals surface area (Å²) in [5.41, 5.74) is 1.14. The lowest BCUT2D eigenvalue weighted by molar-refractivity contribution is -0.153. The quantitative estimate of drug-likeness (QED) is 0.477. The highest BCUT2D eigenvalue weighted by molar-refractivity contribution is 5.85. The van der Waals surface area contributed by atoms with E-state index >= 15 is 0 Å². The zero-order valence-electron chi connectivity index (χ0n) is 20.2. The number of amides is 1. The predicted molar refractivity (Wildman–Crippen MR) is 123 cm³/mol. The molecule has 5 fully saturated rings. The van der Waals surface area contributed by atoms with Gasteiger partial charge in [0.15, 0.2) is 0 Å². The van der Waals surface area contributed by atoms with E-state index in [0.717, 1.165) is 36.5 Å². The fraction of sp³-hybridized carbons (Fsp3) is 0.926. The average Bonchev–Trinajstić information content (AvgIpc) is 3.18. The Morgan fingerprint density at radius 1 is 0.969 bits per heavy atom. The summed E-state index contributed by atoms with van der Waals surface area (Å²) < 4.78 is 11.6. The summed E-state index contributed by atoms with van der Waals surface area (Å²) in [6.07, 6.45) is 16.0. The van der Waals surface area contributed by atoms with Crippen molar-refractivity contribution in [2.75, 3.05) is 13.2 Å². The molecule has 0 bridgehead atoms. The van der Waals surface area contributed by atoms with E-state index in [1.54, 1.807) is 0 Å². The van der Waals surface area contributed by atoms with Crippen LogP contribution in [0.15, 0.2) is 0 Å². The molecule has 0 aromatic carbocycles. The molecule has 5 rings (SSSR count). The van der Waals surface area contributed by atoms with E-state index in [9.17, 15) is 9.59 Å². The predicted octanol–water partition coefficient (Wildman–Crippen LogP) is 5.02. The van der Waals surface area contributed by atoms with Crippen LogP contribution in [0.4, 0.5) is 0 Å². The lowest BCUT2D eigenvalue weighted by Gasteiger charge is -2.60. The first-order chi connectivity index (χ1) is 15.4. The van der Waals surface area contributed by atoms with Crippen molar-refractivity contribution in [3.05, 3.63) is 0 Å². The van der Waals surface area contributed by atoms with Crippen molar-refractivity contribution >= 4 is 11.9 Å². The summed E-state index contributed by atoms with van der Waals surface area (Å²) in [4.78, 5) is 23.6. The van der Waals surface area contributed by atoms with E-state index in [-0.39, 0.29) is 18.5 Å². The number of nitrogens with one attached hydrogen (secondary N) is 1. The number of hydrogen-bond donors (Lipinski definition) is 1. The van der Waals surface area contributed by atoms with Gasteiger partial charge in [0.1, 0.15) is 12.6 Å². The van der Waals surface area contributed by atoms with Crippen LogP contribution in [0.2, 0.25) is 0 Å². The zero-order chi connectivity index (χ0) is 22.3. The van der Waals surface area contributed by atoms with Crippen LogP contribution in [0.5, 0.6) is 0 Å². The molecule has 1 saturated heterocycles. The van der Waals surface area contributed by atoms with Crippen molar-refractivity contribution in [2.45, 2.75) is 109 Å². The Morgan fingerprint density at radius 2 is 1.84 bits per heavy atom. The summed E-state index contributed by atoms with van der Waals surface area (Å²) >= 11 is 0. The number of esters is 1. The lowest BCUT2D eigenvalue weighted by atomic mass is 9.45. The number of ether oxygens (including phenoxy) is 2. The van der Waals surface area contributed by atoms with Gasteiger partial charge in [0.25, 0.3) is 0 Å². The second kappa shape index (κ2) is 8.92. The molecule has 1 amide bonds. The first-order valence-corrected chi connectivity index (χ1v) is 13.5. The fourth-order valence-electron chi connectivity index (χ4n) is 8.80. The van der Waals surface area contributed by atoms with Gasteiger partial charge in [-0.25, -0.2) is 4.79 Å². The minimum Gasteiger partial charge on any atom is -0.462 e. The first kappa shape index (κ1) is 22.7. The Hall–Kier alpha value is -1.10. The first-order valence-electron chi connectivity index (χ1n) is 13.5. The van der Waals surface area contributed by atoms with Crippen molar-refractivity contribution in [3.8, 4) is 0 Å². The maximum absolute atomic E-state index is 12.2. The van der Waals surface area contributed by atoms with Gasteiger partial charge in [-0.15, -0.1) is 0 Å². The summed E-state index contributed by atoms with van der Waals surface area (Å²) in [7, 11) is 0. The zero-order valence-corrected chi connectivity index (χ0v) is 20.2. The van der Waals surface area contributed by atoms with E-state index in [1.807, 2.05) is 0 Å². The van der Waals surface area contributed by atoms with Gasteiger partial charge in [-0.2, -0.15) is 0 Å². The Bertz CT molecular complexity index is 724. The van der Waals surface area contributed by atoms with Gasteiger partial charge in [0, 0.05) is 6.42 Å². The molecule has 5 aliphatic rings. The van der Waals surface area contributed by atoms with Crippen molar-refractivity contribution in [1.29, 1.82) is 0 Å². The summed E-state index contributed by atoms with van der Waals surface area (Å²) in [5, 5.41) is 2.73. The van der Waals surface area contributed by atoms with Crippen molar-refractivity contribution in [1.82, 2.24) is 5.32 Å². The molecule has 4 saturated carbocycles. The van der Waals surface area contributed by atoms with Crippen molar-refractivity contribution in [3.63, 3.8) is 0 Å². The Morgan fingerprint density at radius 3 is 2.69 bits per heavy atom. The maximum Gasteiger partial charge on any atom is 0.328 e. The van der Waals surface area contributed by atoms with Crippen molar-refractivity contribution in [2.24, 2.45) is 34.5 Å². The largest absolute Gasteiger partial charge is 0.462 e. The molecule has 1 N–H and O–H groups in total. The van der Waals surface area contributed by atoms with E-state index in [1.165, 1.54) is 57.8 Å². The van der Waals surface area contributed by atoms with E-state index in [4.69, 9.17) is 9.47 Å². The van der Waals surface area contributed by atoms with Crippen LogP contribution in [-0.2, 0) is 19.1 Å². The van der Waals surface area contributed by atoms with Crippen LogP contribution in [0.1, 0.15) is 97.3 Å². The second-order valence-corrected chi connectivity index (χ2v) is 12.2. The van der Waals surface area contributed by atoms with E-state index in [0.29, 0.717) is 36.4 Å². The topological polar surface area (TPSA) is 64.6 Å². The molecule has 8 atom stereocenters. The standard InChI is InChI=1S/C27H43NO4/c1-26-12-4-5-21(26)20-9-8-18-17-19(10-14-27(18,2)22(20)11-13-26)31-15-16-32-25(30)23-6-3-7-24(29)28-23/h18-23H,3-17H2,1-2H3,(H,28,29)/t18-,19-,20+,21+,22+,23?,26+,27+/m1/s1. The fourth-order valence-corrected chi connectivity index (χ4v) is 8.80. The van der Waals surface area contributed by atoms with Gasteiger partial charge < -0.3 is 14.8 Å². The average molecular weight is 446 g/mol. The van der Waals surface area contributed by atoms with Gasteiger partial charge in [-0.05, 0) is 105 Å². The normalized spacial score (nSPS) is 45.9. The number of carbonyl (C=O) groups excluding carboxylic acids is 2. The van der Waals surface area contributed by atoms with Crippen LogP contribution < -0.4 is 5.32 Å². The molecule has 0 aromatic heterocycles. The number of rotatable bonds is 5. The third kappa shape index (κ3) is 4.12. The molecule has 0 spiro atoms. The number of hydrogen-bond acceptors (Lipinski definition) is 4. The van der Waals surface area contributed by atoms with Gasteiger partial charge >= 0.3 is 5.97 Å². The molecule has 4 aliphatic carbocycles. The highest BCUT2D eigenvalue weighted by Crippen LogP contribution is 2.66. The molecule has 0 radical (unpaired) electrons. The Balaban J connectivity index is 1.09. The van der Waals surface area contributed by atoms with Crippen LogP contribution in [-0.4, -0.2) is 37.2 Å². The summed E-state index contributed by atoms with van der Waals surface area (Å²) in [5.74, 6) is 3.29. The van der Waals surface area contributed by atoms with Gasteiger partial charge in [0.2, 0.25) is 5.91 Å². The molecule has 32 heavy (non-hydrogen) atoms. The minimum absolute atomic E-state index is 0.0510. The van der Waals surface area contributed by atoms with Gasteiger partial charge in [-0.3, -0.25) is 4.79 Å². The van der Waals surface area contributed by atoms with Crippen LogP contribution in [0.3, 0.4) is 0 Å². The van der Waals surface area contributed by atoms with E-state index in [2.05, 4.69) is 19.2 Å². The molecule has 1 unspecified atom stereocenters. The third-order valence-corrected chi connectivity index (χ3v) is 10.6. The Kier molecular flexibility index (Phi) is 6.32. The SMILES string of the molecule is C[C@@]12CCC[C@H]1[C@@H]1CC[C@@H]3C[C@H](OCCOC(=O)C4CCCC(=O)N4)CC[C@]3(C)[C@H]1CC2. The van der Waals surface area contributed by atoms with E-state index < -0.39 is 6.04 Å². The number of piperidine rings is 1. The molecular formula is C27H43NO4. The molecule has 1 aliphatic heterocycles. The second-order valence-electron chi connectivity index (χ2n) is 12.2. The van der Waals surface area contributed by atoms with Crippen LogP contribution in [0, 0.1) is 34.5 Å². The Labute approximate surface area is 193 Å². The summed E-state index contributed by atoms with van der Waals surface area (Å²) in [6, 6.07) is -0.473. The molecule has 180 valence electrons. The molecular weight excluding hydrogens is 402 g/mol. The molecule has 0 aromatic rings. The highest BCUT2D eigenvalue weighted by atomic mass is 16.6. The smallest absolute Gasteiger partial charge is 0.328 e.